The highest BCUT2D eigenvalue weighted by Gasteiger charge is 2.12. The summed E-state index contributed by atoms with van der Waals surface area (Å²) in [5.41, 5.74) is 3.08. The number of amides is 1. The SMILES string of the molecule is CSc1nc2ccc(NC(=O)c3cc(C)n(C)n3)cc2s1. The molecule has 0 bridgehead atoms. The van der Waals surface area contributed by atoms with Gasteiger partial charge in [-0.3, -0.25) is 9.48 Å². The molecule has 1 aromatic carbocycles. The van der Waals surface area contributed by atoms with Crippen molar-refractivity contribution in [2.45, 2.75) is 11.3 Å². The second-order valence-corrected chi connectivity index (χ2v) is 6.70. The van der Waals surface area contributed by atoms with Gasteiger partial charge in [-0.25, -0.2) is 4.98 Å². The summed E-state index contributed by atoms with van der Waals surface area (Å²) in [6, 6.07) is 7.50. The minimum absolute atomic E-state index is 0.201. The standard InChI is InChI=1S/C14H14N4OS2/c1-8-6-11(17-18(8)2)13(19)15-9-4-5-10-12(7-9)21-14(16-10)20-3/h4-7H,1-3H3,(H,15,19). The van der Waals surface area contributed by atoms with Gasteiger partial charge in [0.05, 0.1) is 10.2 Å². The predicted molar refractivity (Wildman–Crippen MR) is 87.3 cm³/mol. The molecule has 2 aromatic heterocycles. The van der Waals surface area contributed by atoms with E-state index in [1.165, 1.54) is 0 Å². The van der Waals surface area contributed by atoms with Crippen LogP contribution in [0.5, 0.6) is 0 Å². The van der Waals surface area contributed by atoms with Crippen molar-refractivity contribution in [3.8, 4) is 0 Å². The van der Waals surface area contributed by atoms with Crippen LogP contribution < -0.4 is 5.32 Å². The zero-order chi connectivity index (χ0) is 15.0. The highest BCUT2D eigenvalue weighted by Crippen LogP contribution is 2.30. The van der Waals surface area contributed by atoms with Crippen molar-refractivity contribution in [1.82, 2.24) is 14.8 Å². The van der Waals surface area contributed by atoms with Gasteiger partial charge in [-0.15, -0.1) is 11.3 Å². The Bertz CT molecular complexity index is 802. The minimum atomic E-state index is -0.201. The van der Waals surface area contributed by atoms with E-state index in [-0.39, 0.29) is 5.91 Å². The lowest BCUT2D eigenvalue weighted by molar-refractivity contribution is 0.102. The number of aryl methyl sites for hydroxylation is 2. The van der Waals surface area contributed by atoms with E-state index in [0.29, 0.717) is 5.69 Å². The quantitative estimate of drug-likeness (QED) is 0.753. The van der Waals surface area contributed by atoms with Crippen LogP contribution in [0.25, 0.3) is 10.2 Å². The fourth-order valence-corrected chi connectivity index (χ4v) is 3.46. The third-order valence-electron chi connectivity index (χ3n) is 3.15. The smallest absolute Gasteiger partial charge is 0.276 e. The summed E-state index contributed by atoms with van der Waals surface area (Å²) < 4.78 is 3.77. The maximum absolute atomic E-state index is 12.2. The first-order valence-corrected chi connectivity index (χ1v) is 8.37. The monoisotopic (exact) mass is 318 g/mol. The average Bonchev–Trinajstić information content (AvgIpc) is 3.02. The molecule has 1 N–H and O–H groups in total. The predicted octanol–water partition coefficient (Wildman–Crippen LogP) is 3.31. The van der Waals surface area contributed by atoms with Gasteiger partial charge in [-0.05, 0) is 37.4 Å². The molecule has 0 aliphatic heterocycles. The number of nitrogens with one attached hydrogen (secondary N) is 1. The number of hydrogen-bond donors (Lipinski definition) is 1. The third kappa shape index (κ3) is 2.79. The van der Waals surface area contributed by atoms with Gasteiger partial charge in [0.2, 0.25) is 0 Å². The van der Waals surface area contributed by atoms with Gasteiger partial charge >= 0.3 is 0 Å². The number of thioether (sulfide) groups is 1. The van der Waals surface area contributed by atoms with E-state index >= 15 is 0 Å². The Morgan fingerprint density at radius 3 is 2.86 bits per heavy atom. The number of nitrogens with zero attached hydrogens (tertiary/aromatic N) is 3. The lowest BCUT2D eigenvalue weighted by atomic mass is 10.3. The Hall–Kier alpha value is -1.86. The van der Waals surface area contributed by atoms with Crippen molar-refractivity contribution in [3.05, 3.63) is 35.7 Å². The normalized spacial score (nSPS) is 11.0. The molecule has 0 atom stereocenters. The zero-order valence-electron chi connectivity index (χ0n) is 11.9. The number of benzene rings is 1. The molecule has 3 aromatic rings. The van der Waals surface area contributed by atoms with E-state index in [1.54, 1.807) is 33.8 Å². The zero-order valence-corrected chi connectivity index (χ0v) is 13.5. The fourth-order valence-electron chi connectivity index (χ4n) is 1.94. The van der Waals surface area contributed by atoms with Gasteiger partial charge in [0.1, 0.15) is 0 Å². The summed E-state index contributed by atoms with van der Waals surface area (Å²) in [6.07, 6.45) is 2.00. The number of fused-ring (bicyclic) bond motifs is 1. The molecule has 7 heteroatoms. The van der Waals surface area contributed by atoms with Crippen molar-refractivity contribution >= 4 is 44.9 Å². The first-order chi connectivity index (χ1) is 10.1. The van der Waals surface area contributed by atoms with Crippen LogP contribution in [0.1, 0.15) is 16.2 Å². The summed E-state index contributed by atoms with van der Waals surface area (Å²) in [4.78, 5) is 16.7. The molecule has 21 heavy (non-hydrogen) atoms. The van der Waals surface area contributed by atoms with Crippen LogP contribution in [-0.4, -0.2) is 26.9 Å². The molecule has 5 nitrogen and oxygen atoms in total. The summed E-state index contributed by atoms with van der Waals surface area (Å²) in [5, 5.41) is 7.05. The Kier molecular flexibility index (Phi) is 3.69. The molecule has 0 fully saturated rings. The number of carbonyl (C=O) groups is 1. The lowest BCUT2D eigenvalue weighted by Crippen LogP contribution is -2.12. The topological polar surface area (TPSA) is 59.8 Å². The average molecular weight is 318 g/mol. The summed E-state index contributed by atoms with van der Waals surface area (Å²) in [7, 11) is 1.82. The Morgan fingerprint density at radius 2 is 2.19 bits per heavy atom. The van der Waals surface area contributed by atoms with Gasteiger partial charge in [0, 0.05) is 18.4 Å². The molecular formula is C14H14N4OS2. The van der Waals surface area contributed by atoms with Gasteiger partial charge in [-0.2, -0.15) is 5.10 Å². The lowest BCUT2D eigenvalue weighted by Gasteiger charge is -2.02. The van der Waals surface area contributed by atoms with E-state index in [1.807, 2.05) is 38.4 Å². The highest BCUT2D eigenvalue weighted by molar-refractivity contribution is 8.00. The Morgan fingerprint density at radius 1 is 1.38 bits per heavy atom. The van der Waals surface area contributed by atoms with Gasteiger partial charge < -0.3 is 5.32 Å². The molecule has 2 heterocycles. The van der Waals surface area contributed by atoms with Crippen LogP contribution in [0.15, 0.2) is 28.6 Å². The summed E-state index contributed by atoms with van der Waals surface area (Å²) in [5.74, 6) is -0.201. The number of thiazole rings is 1. The van der Waals surface area contributed by atoms with Crippen LogP contribution in [0.2, 0.25) is 0 Å². The molecule has 0 radical (unpaired) electrons. The van der Waals surface area contributed by atoms with Gasteiger partial charge in [0.25, 0.3) is 5.91 Å². The fraction of sp³-hybridized carbons (Fsp3) is 0.214. The van der Waals surface area contributed by atoms with Gasteiger partial charge in [-0.1, -0.05) is 11.8 Å². The molecule has 0 saturated carbocycles. The van der Waals surface area contributed by atoms with Crippen molar-refractivity contribution in [3.63, 3.8) is 0 Å². The molecule has 3 rings (SSSR count). The maximum atomic E-state index is 12.2. The second kappa shape index (κ2) is 5.50. The number of aromatic nitrogens is 3. The van der Waals surface area contributed by atoms with Crippen molar-refractivity contribution in [2.75, 3.05) is 11.6 Å². The van der Waals surface area contributed by atoms with E-state index in [9.17, 15) is 4.79 Å². The maximum Gasteiger partial charge on any atom is 0.276 e. The van der Waals surface area contributed by atoms with Crippen molar-refractivity contribution < 1.29 is 4.79 Å². The molecule has 0 saturated heterocycles. The molecule has 0 aliphatic rings. The van der Waals surface area contributed by atoms with E-state index < -0.39 is 0 Å². The summed E-state index contributed by atoms with van der Waals surface area (Å²) >= 11 is 3.24. The second-order valence-electron chi connectivity index (χ2n) is 4.62. The first kappa shape index (κ1) is 14.1. The van der Waals surface area contributed by atoms with Crippen LogP contribution in [0, 0.1) is 6.92 Å². The number of anilines is 1. The first-order valence-electron chi connectivity index (χ1n) is 6.33. The van der Waals surface area contributed by atoms with Crippen LogP contribution in [0.3, 0.4) is 0 Å². The minimum Gasteiger partial charge on any atom is -0.321 e. The summed E-state index contributed by atoms with van der Waals surface area (Å²) in [6.45, 7) is 1.91. The van der Waals surface area contributed by atoms with Crippen molar-refractivity contribution in [1.29, 1.82) is 0 Å². The molecule has 108 valence electrons. The molecular weight excluding hydrogens is 304 g/mol. The van der Waals surface area contributed by atoms with Crippen molar-refractivity contribution in [2.24, 2.45) is 7.05 Å². The molecule has 1 amide bonds. The van der Waals surface area contributed by atoms with E-state index in [2.05, 4.69) is 15.4 Å². The molecule has 0 aliphatic carbocycles. The van der Waals surface area contributed by atoms with E-state index in [4.69, 9.17) is 0 Å². The largest absolute Gasteiger partial charge is 0.321 e. The number of rotatable bonds is 3. The van der Waals surface area contributed by atoms with E-state index in [0.717, 1.165) is 25.9 Å². The number of carbonyl (C=O) groups excluding carboxylic acids is 1. The van der Waals surface area contributed by atoms with Crippen LogP contribution in [-0.2, 0) is 7.05 Å². The third-order valence-corrected chi connectivity index (χ3v) is 5.15. The Labute approximate surface area is 130 Å². The van der Waals surface area contributed by atoms with Gasteiger partial charge in [0.15, 0.2) is 10.0 Å². The van der Waals surface area contributed by atoms with Crippen LogP contribution >= 0.6 is 23.1 Å². The molecule has 0 spiro atoms. The Balaban J connectivity index is 1.85. The molecule has 0 unspecified atom stereocenters. The number of hydrogen-bond acceptors (Lipinski definition) is 5. The highest BCUT2D eigenvalue weighted by atomic mass is 32.2. The van der Waals surface area contributed by atoms with Crippen LogP contribution in [0.4, 0.5) is 5.69 Å².